The quantitative estimate of drug-likeness (QED) is 0.496. The lowest BCUT2D eigenvalue weighted by molar-refractivity contribution is -0.110. The minimum atomic E-state index is -4.29. The minimum absolute atomic E-state index is 0.729. The van der Waals surface area contributed by atoms with Crippen LogP contribution in [0.3, 0.4) is 0 Å². The predicted octanol–water partition coefficient (Wildman–Crippen LogP) is 0.700. The van der Waals surface area contributed by atoms with E-state index < -0.39 is 11.9 Å². The van der Waals surface area contributed by atoms with Crippen LogP contribution < -0.4 is 5.10 Å². The maximum Gasteiger partial charge on any atom is 0.437 e. The summed E-state index contributed by atoms with van der Waals surface area (Å²) >= 11 is 0. The van der Waals surface area contributed by atoms with Gasteiger partial charge in [-0.2, -0.15) is 13.2 Å². The van der Waals surface area contributed by atoms with Crippen LogP contribution in [0.5, 0.6) is 0 Å². The van der Waals surface area contributed by atoms with Gasteiger partial charge in [0.1, 0.15) is 0 Å². The van der Waals surface area contributed by atoms with E-state index in [4.69, 9.17) is 0 Å². The molecule has 10 heavy (non-hydrogen) atoms. The van der Waals surface area contributed by atoms with Crippen LogP contribution in [0.25, 0.3) is 0 Å². The van der Waals surface area contributed by atoms with E-state index in [0.717, 1.165) is 17.3 Å². The largest absolute Gasteiger partial charge is 0.437 e. The summed E-state index contributed by atoms with van der Waals surface area (Å²) in [5.74, 6) is 0. The van der Waals surface area contributed by atoms with Gasteiger partial charge in [-0.3, -0.25) is 0 Å². The highest BCUT2D eigenvalue weighted by atomic mass is 19.4. The number of hydrogen-bond donors (Lipinski definition) is 0. The van der Waals surface area contributed by atoms with Gasteiger partial charge in [-0.25, -0.2) is 0 Å². The van der Waals surface area contributed by atoms with Crippen molar-refractivity contribution in [1.82, 2.24) is 10.1 Å². The van der Waals surface area contributed by atoms with Crippen molar-refractivity contribution in [2.24, 2.45) is 0 Å². The molecule has 5 heteroatoms. The molecule has 0 spiro atoms. The van der Waals surface area contributed by atoms with E-state index >= 15 is 0 Å². The number of alkyl halides is 3. The first-order valence-electron chi connectivity index (χ1n) is 2.57. The molecule has 0 bridgehead atoms. The van der Waals surface area contributed by atoms with Crippen molar-refractivity contribution in [3.8, 4) is 0 Å². The second kappa shape index (κ2) is 2.00. The van der Waals surface area contributed by atoms with Crippen LogP contribution in [0.2, 0.25) is 0 Å². The zero-order chi connectivity index (χ0) is 7.78. The van der Waals surface area contributed by atoms with Crippen LogP contribution in [-0.2, 0) is 0 Å². The van der Waals surface area contributed by atoms with E-state index in [9.17, 15) is 13.2 Å². The number of allylic oxidation sites excluding steroid dienone is 2. The van der Waals surface area contributed by atoms with E-state index in [1.807, 2.05) is 0 Å². The van der Waals surface area contributed by atoms with Crippen molar-refractivity contribution >= 4 is 6.21 Å². The molecule has 0 fully saturated rings. The fourth-order valence-electron chi connectivity index (χ4n) is 0.652. The molecular weight excluding hydrogens is 145 g/mol. The lowest BCUT2D eigenvalue weighted by Crippen LogP contribution is -2.26. The number of halogens is 3. The van der Waals surface area contributed by atoms with Gasteiger partial charge in [0, 0.05) is 6.08 Å². The Kier molecular flexibility index (Phi) is 1.42. The smallest absolute Gasteiger partial charge is 0.164 e. The van der Waals surface area contributed by atoms with E-state index in [2.05, 4.69) is 5.10 Å². The van der Waals surface area contributed by atoms with E-state index in [0.29, 0.717) is 0 Å². The van der Waals surface area contributed by atoms with Gasteiger partial charge in [0.2, 0.25) is 0 Å². The van der Waals surface area contributed by atoms with Gasteiger partial charge in [0.05, 0.1) is 7.05 Å². The molecule has 0 atom stereocenters. The molecule has 0 unspecified atom stereocenters. The normalized spacial score (nSPS) is 18.0. The molecule has 1 aliphatic rings. The third-order valence-corrected chi connectivity index (χ3v) is 1.11. The first-order valence-corrected chi connectivity index (χ1v) is 2.57. The SMILES string of the molecule is CN1[N+]=CC=C1C(F)(F)F. The molecule has 1 heterocycles. The Labute approximate surface area is 55.6 Å². The fraction of sp³-hybridized carbons (Fsp3) is 0.400. The van der Waals surface area contributed by atoms with Gasteiger partial charge in [0.15, 0.2) is 10.8 Å². The topological polar surface area (TPSA) is 17.3 Å². The van der Waals surface area contributed by atoms with Crippen molar-refractivity contribution in [3.05, 3.63) is 11.8 Å². The zero-order valence-corrected chi connectivity index (χ0v) is 5.18. The first kappa shape index (κ1) is 7.11. The van der Waals surface area contributed by atoms with Crippen LogP contribution >= 0.6 is 0 Å². The third-order valence-electron chi connectivity index (χ3n) is 1.11. The minimum Gasteiger partial charge on any atom is -0.164 e. The molecular formula is C5H5F3N2+. The average molecular weight is 150 g/mol. The number of hydrogen-bond acceptors (Lipinski definition) is 2. The van der Waals surface area contributed by atoms with Crippen LogP contribution in [0.4, 0.5) is 13.2 Å². The molecule has 0 aromatic heterocycles. The summed E-state index contributed by atoms with van der Waals surface area (Å²) in [7, 11) is 1.25. The van der Waals surface area contributed by atoms with Crippen molar-refractivity contribution in [1.29, 1.82) is 0 Å². The number of nitrogens with zero attached hydrogens (tertiary/aromatic N) is 2. The number of hydrazone groups is 1. The summed E-state index contributed by atoms with van der Waals surface area (Å²) in [6.07, 6.45) is -2.24. The molecule has 55 valence electrons. The standard InChI is InChI=1S/C5H5F3N2/c1-10-4(2-3-9-10)5(6,7)8/h2-3H,1H3/q+1. The molecule has 0 saturated heterocycles. The number of rotatable bonds is 0. The summed E-state index contributed by atoms with van der Waals surface area (Å²) in [5.41, 5.74) is -0.729. The molecule has 1 radical (unpaired) electrons. The van der Waals surface area contributed by atoms with Crippen LogP contribution in [0.15, 0.2) is 11.8 Å². The monoisotopic (exact) mass is 150 g/mol. The zero-order valence-electron chi connectivity index (χ0n) is 5.18. The summed E-state index contributed by atoms with van der Waals surface area (Å²) < 4.78 is 35.5. The van der Waals surface area contributed by atoms with Crippen molar-refractivity contribution in [2.45, 2.75) is 6.18 Å². The molecule has 0 aromatic rings. The molecule has 2 nitrogen and oxygen atoms in total. The second-order valence-electron chi connectivity index (χ2n) is 1.84. The maximum atomic E-state index is 11.8. The second-order valence-corrected chi connectivity index (χ2v) is 1.84. The highest BCUT2D eigenvalue weighted by molar-refractivity contribution is 5.73. The molecule has 0 saturated carbocycles. The highest BCUT2D eigenvalue weighted by Crippen LogP contribution is 2.27. The third kappa shape index (κ3) is 1.12. The van der Waals surface area contributed by atoms with Crippen molar-refractivity contribution in [3.63, 3.8) is 0 Å². The van der Waals surface area contributed by atoms with Crippen molar-refractivity contribution < 1.29 is 13.2 Å². The summed E-state index contributed by atoms with van der Waals surface area (Å²) in [6.45, 7) is 0. The Morgan fingerprint density at radius 2 is 2.10 bits per heavy atom. The van der Waals surface area contributed by atoms with Gasteiger partial charge >= 0.3 is 6.18 Å². The Balaban J connectivity index is 2.78. The fourth-order valence-corrected chi connectivity index (χ4v) is 0.652. The van der Waals surface area contributed by atoms with Gasteiger partial charge in [0.25, 0.3) is 6.21 Å². The first-order chi connectivity index (χ1) is 4.52. The Hall–Kier alpha value is -1.00. The molecule has 0 N–H and O–H groups in total. The van der Waals surface area contributed by atoms with Crippen molar-refractivity contribution in [2.75, 3.05) is 7.05 Å². The van der Waals surface area contributed by atoms with Gasteiger partial charge in [-0.05, 0) is 0 Å². The Bertz CT molecular complexity index is 192. The summed E-state index contributed by atoms with van der Waals surface area (Å²) in [4.78, 5) is 0. The maximum absolute atomic E-state index is 11.8. The Morgan fingerprint density at radius 3 is 2.30 bits per heavy atom. The van der Waals surface area contributed by atoms with Crippen LogP contribution in [0, 0.1) is 0 Å². The van der Waals surface area contributed by atoms with Gasteiger partial charge < -0.3 is 0 Å². The van der Waals surface area contributed by atoms with E-state index in [1.165, 1.54) is 7.05 Å². The lowest BCUT2D eigenvalue weighted by atomic mass is 10.4. The highest BCUT2D eigenvalue weighted by Gasteiger charge is 2.42. The van der Waals surface area contributed by atoms with Crippen LogP contribution in [0.1, 0.15) is 0 Å². The average Bonchev–Trinajstić information content (AvgIpc) is 2.11. The molecule has 1 rings (SSSR count). The lowest BCUT2D eigenvalue weighted by Gasteiger charge is -2.06. The molecule has 0 aromatic carbocycles. The molecule has 0 amide bonds. The van der Waals surface area contributed by atoms with E-state index in [-0.39, 0.29) is 0 Å². The van der Waals surface area contributed by atoms with Gasteiger partial charge in [-0.15, -0.1) is 0 Å². The predicted molar refractivity (Wildman–Crippen MR) is 30.1 cm³/mol. The molecule has 1 aliphatic heterocycles. The van der Waals surface area contributed by atoms with Gasteiger partial charge in [-0.1, -0.05) is 5.01 Å². The Morgan fingerprint density at radius 1 is 1.50 bits per heavy atom. The molecule has 0 aliphatic carbocycles. The van der Waals surface area contributed by atoms with Crippen LogP contribution in [-0.4, -0.2) is 24.4 Å². The summed E-state index contributed by atoms with van der Waals surface area (Å²) in [6, 6.07) is 0. The summed E-state index contributed by atoms with van der Waals surface area (Å²) in [5, 5.41) is 4.17. The van der Waals surface area contributed by atoms with E-state index in [1.54, 1.807) is 0 Å².